The van der Waals surface area contributed by atoms with Crippen LogP contribution in [0, 0.1) is 0 Å². The molecule has 0 aliphatic rings. The van der Waals surface area contributed by atoms with E-state index in [1.165, 1.54) is 0 Å². The van der Waals surface area contributed by atoms with Crippen molar-refractivity contribution in [2.75, 3.05) is 35.2 Å². The van der Waals surface area contributed by atoms with Crippen molar-refractivity contribution in [3.8, 4) is 0 Å². The fourth-order valence-electron chi connectivity index (χ4n) is 0.461. The third-order valence-electron chi connectivity index (χ3n) is 1.26. The molecule has 0 rings (SSSR count). The van der Waals surface area contributed by atoms with E-state index in [4.69, 9.17) is 0 Å². The van der Waals surface area contributed by atoms with Gasteiger partial charge in [0.25, 0.3) is 0 Å². The Bertz CT molecular complexity index is 122. The summed E-state index contributed by atoms with van der Waals surface area (Å²) >= 11 is 2.98. The summed E-state index contributed by atoms with van der Waals surface area (Å²) in [4.78, 5) is 2.03. The number of rotatable bonds is 3. The van der Waals surface area contributed by atoms with Crippen molar-refractivity contribution in [2.45, 2.75) is 0 Å². The Balaban J connectivity index is 3.95. The Hall–Kier alpha value is -0.0505. The van der Waals surface area contributed by atoms with Gasteiger partial charge in [0.15, 0.2) is 0 Å². The molecule has 0 radical (unpaired) electrons. The standard InChI is InChI=1S/C6H15N3Se/c1-7(2)6(10)9(5)8(3)4/h1-5H3. The molecule has 0 aromatic carbocycles. The van der Waals surface area contributed by atoms with E-state index in [0.717, 1.165) is 4.67 Å². The molecule has 0 unspecified atom stereocenters. The van der Waals surface area contributed by atoms with E-state index in [-0.39, 0.29) is 0 Å². The molecular weight excluding hydrogens is 193 g/mol. The summed E-state index contributed by atoms with van der Waals surface area (Å²) in [7, 11) is 10.0. The normalized spacial score (nSPS) is 9.80. The molecule has 0 fully saturated rings. The molecular formula is C6H15N3Se. The van der Waals surface area contributed by atoms with E-state index in [1.807, 2.05) is 50.2 Å². The number of hydrogen-bond donors (Lipinski definition) is 0. The monoisotopic (exact) mass is 209 g/mol. The SMILES string of the molecule is CN(C)C(=[Se])N(C)N(C)C. The van der Waals surface area contributed by atoms with Crippen molar-refractivity contribution in [3.63, 3.8) is 0 Å². The van der Waals surface area contributed by atoms with Gasteiger partial charge in [0.2, 0.25) is 0 Å². The van der Waals surface area contributed by atoms with E-state index < -0.39 is 0 Å². The third-order valence-corrected chi connectivity index (χ3v) is 2.58. The van der Waals surface area contributed by atoms with Crippen LogP contribution in [0.25, 0.3) is 0 Å². The average Bonchev–Trinajstić information content (AvgIpc) is 1.84. The maximum absolute atomic E-state index is 2.98. The molecule has 0 saturated carbocycles. The second-order valence-corrected chi connectivity index (χ2v) is 3.31. The van der Waals surface area contributed by atoms with Crippen LogP contribution in [0.3, 0.4) is 0 Å². The number of hydrogen-bond acceptors (Lipinski definition) is 3. The second-order valence-electron chi connectivity index (χ2n) is 2.55. The first kappa shape index (κ1) is 9.95. The van der Waals surface area contributed by atoms with Gasteiger partial charge in [-0.2, -0.15) is 0 Å². The summed E-state index contributed by atoms with van der Waals surface area (Å²) in [6, 6.07) is 0. The Kier molecular flexibility index (Phi) is 3.94. The van der Waals surface area contributed by atoms with Crippen molar-refractivity contribution in [1.29, 1.82) is 0 Å². The van der Waals surface area contributed by atoms with Crippen LogP contribution < -0.4 is 0 Å². The fraction of sp³-hybridized carbons (Fsp3) is 0.833. The number of hydrazine groups is 1. The predicted octanol–water partition coefficient (Wildman–Crippen LogP) is -0.788. The third kappa shape index (κ3) is 2.69. The molecule has 0 saturated heterocycles. The maximum atomic E-state index is 2.98. The first-order valence-electron chi connectivity index (χ1n) is 3.09. The van der Waals surface area contributed by atoms with Gasteiger partial charge in [0.05, 0.1) is 0 Å². The first-order chi connectivity index (χ1) is 4.46. The number of nitrogens with zero attached hydrogens (tertiary/aromatic N) is 3. The van der Waals surface area contributed by atoms with Crippen LogP contribution >= 0.6 is 0 Å². The predicted molar refractivity (Wildman–Crippen MR) is 45.9 cm³/mol. The van der Waals surface area contributed by atoms with Crippen molar-refractivity contribution < 1.29 is 0 Å². The zero-order valence-electron chi connectivity index (χ0n) is 7.25. The molecule has 0 aromatic heterocycles. The van der Waals surface area contributed by atoms with Crippen LogP contribution in [0.4, 0.5) is 0 Å². The minimum absolute atomic E-state index is 1.10. The van der Waals surface area contributed by atoms with Gasteiger partial charge in [0.1, 0.15) is 0 Å². The van der Waals surface area contributed by atoms with Crippen molar-refractivity contribution in [2.24, 2.45) is 0 Å². The van der Waals surface area contributed by atoms with Gasteiger partial charge < -0.3 is 0 Å². The van der Waals surface area contributed by atoms with Crippen LogP contribution in [0.2, 0.25) is 0 Å². The molecule has 0 bridgehead atoms. The Morgan fingerprint density at radius 1 is 1.00 bits per heavy atom. The van der Waals surface area contributed by atoms with Gasteiger partial charge in [-0.1, -0.05) is 0 Å². The molecule has 3 nitrogen and oxygen atoms in total. The van der Waals surface area contributed by atoms with E-state index in [2.05, 4.69) is 15.6 Å². The van der Waals surface area contributed by atoms with Crippen LogP contribution in [-0.4, -0.2) is 70.4 Å². The van der Waals surface area contributed by atoms with Gasteiger partial charge >= 0.3 is 70.4 Å². The van der Waals surface area contributed by atoms with Crippen LogP contribution in [0.5, 0.6) is 0 Å². The molecule has 0 atom stereocenters. The molecule has 0 N–H and O–H groups in total. The summed E-state index contributed by atoms with van der Waals surface area (Å²) in [5.74, 6) is 0. The topological polar surface area (TPSA) is 9.72 Å². The Morgan fingerprint density at radius 3 is 1.50 bits per heavy atom. The van der Waals surface area contributed by atoms with Crippen LogP contribution in [0.1, 0.15) is 0 Å². The van der Waals surface area contributed by atoms with E-state index >= 15 is 0 Å². The zero-order valence-corrected chi connectivity index (χ0v) is 8.96. The van der Waals surface area contributed by atoms with Gasteiger partial charge in [-0.05, 0) is 0 Å². The van der Waals surface area contributed by atoms with Gasteiger partial charge in [0, 0.05) is 0 Å². The van der Waals surface area contributed by atoms with E-state index in [1.54, 1.807) is 0 Å². The van der Waals surface area contributed by atoms with Crippen LogP contribution in [0.15, 0.2) is 0 Å². The molecule has 4 heteroatoms. The quantitative estimate of drug-likeness (QED) is 0.444. The summed E-state index contributed by atoms with van der Waals surface area (Å²) in [5, 5.41) is 4.03. The minimum atomic E-state index is 1.10. The second kappa shape index (κ2) is 3.96. The average molecular weight is 208 g/mol. The summed E-state index contributed by atoms with van der Waals surface area (Å²) in [5.41, 5.74) is 0. The van der Waals surface area contributed by atoms with E-state index in [9.17, 15) is 0 Å². The summed E-state index contributed by atoms with van der Waals surface area (Å²) < 4.78 is 1.10. The van der Waals surface area contributed by atoms with Crippen LogP contribution in [-0.2, 0) is 0 Å². The van der Waals surface area contributed by atoms with Crippen molar-refractivity contribution >= 4 is 20.2 Å². The Labute approximate surface area is 70.9 Å². The molecule has 0 aliphatic carbocycles. The molecule has 0 spiro atoms. The summed E-state index contributed by atoms with van der Waals surface area (Å²) in [6.45, 7) is 0. The molecule has 10 heavy (non-hydrogen) atoms. The molecule has 0 amide bonds. The fourth-order valence-corrected chi connectivity index (χ4v) is 0.803. The van der Waals surface area contributed by atoms with Crippen molar-refractivity contribution in [3.05, 3.63) is 0 Å². The molecule has 0 heterocycles. The van der Waals surface area contributed by atoms with Gasteiger partial charge in [-0.3, -0.25) is 0 Å². The van der Waals surface area contributed by atoms with Gasteiger partial charge in [-0.25, -0.2) is 0 Å². The first-order valence-corrected chi connectivity index (χ1v) is 3.94. The van der Waals surface area contributed by atoms with Crippen molar-refractivity contribution in [1.82, 2.24) is 14.9 Å². The zero-order chi connectivity index (χ0) is 8.31. The molecule has 0 aliphatic heterocycles. The Morgan fingerprint density at radius 2 is 1.40 bits per heavy atom. The van der Waals surface area contributed by atoms with E-state index in [0.29, 0.717) is 0 Å². The summed E-state index contributed by atoms with van der Waals surface area (Å²) in [6.07, 6.45) is 0. The molecule has 60 valence electrons. The molecule has 0 aromatic rings. The van der Waals surface area contributed by atoms with Gasteiger partial charge in [-0.15, -0.1) is 0 Å².